The maximum Gasteiger partial charge on any atom is 0.271 e. The zero-order chi connectivity index (χ0) is 15.4. The second-order valence-electron chi connectivity index (χ2n) is 4.56. The van der Waals surface area contributed by atoms with E-state index in [1.165, 1.54) is 12.1 Å². The van der Waals surface area contributed by atoms with Crippen LogP contribution in [0, 0.1) is 13.7 Å². The number of nitro benzene ring substituents is 1. The molecule has 108 valence electrons. The summed E-state index contributed by atoms with van der Waals surface area (Å²) in [4.78, 5) is 22.6. The molecule has 0 aliphatic carbocycles. The van der Waals surface area contributed by atoms with Crippen molar-refractivity contribution in [3.8, 4) is 0 Å². The lowest BCUT2D eigenvalue weighted by molar-refractivity contribution is -0.385. The predicted molar refractivity (Wildman–Crippen MR) is 88.1 cm³/mol. The van der Waals surface area contributed by atoms with E-state index in [1.807, 2.05) is 59.8 Å². The summed E-state index contributed by atoms with van der Waals surface area (Å²) >= 11 is 1.96. The van der Waals surface area contributed by atoms with E-state index in [2.05, 4.69) is 5.32 Å². The van der Waals surface area contributed by atoms with Crippen molar-refractivity contribution >= 4 is 34.2 Å². The molecule has 0 bridgehead atoms. The van der Waals surface area contributed by atoms with Crippen LogP contribution >= 0.6 is 22.6 Å². The summed E-state index contributed by atoms with van der Waals surface area (Å²) in [6.45, 7) is 1.87. The number of rotatable bonds is 4. The maximum absolute atomic E-state index is 12.2. The van der Waals surface area contributed by atoms with E-state index in [0.717, 1.165) is 5.56 Å². The largest absolute Gasteiger partial charge is 0.346 e. The Morgan fingerprint density at radius 1 is 1.24 bits per heavy atom. The summed E-state index contributed by atoms with van der Waals surface area (Å²) in [6, 6.07) is 13.7. The van der Waals surface area contributed by atoms with Gasteiger partial charge in [0.25, 0.3) is 11.6 Å². The van der Waals surface area contributed by atoms with E-state index >= 15 is 0 Å². The van der Waals surface area contributed by atoms with Gasteiger partial charge in [0, 0.05) is 21.3 Å². The van der Waals surface area contributed by atoms with Crippen LogP contribution in [0.1, 0.15) is 28.9 Å². The van der Waals surface area contributed by atoms with Crippen LogP contribution in [0.25, 0.3) is 0 Å². The Balaban J connectivity index is 2.19. The molecule has 6 heteroatoms. The van der Waals surface area contributed by atoms with Gasteiger partial charge in [-0.25, -0.2) is 0 Å². The molecule has 0 aliphatic rings. The summed E-state index contributed by atoms with van der Waals surface area (Å²) in [5.74, 6) is -0.326. The molecule has 0 aliphatic heterocycles. The van der Waals surface area contributed by atoms with Crippen LogP contribution < -0.4 is 5.32 Å². The molecule has 2 aromatic carbocycles. The molecule has 0 saturated carbocycles. The van der Waals surface area contributed by atoms with Crippen molar-refractivity contribution < 1.29 is 9.72 Å². The van der Waals surface area contributed by atoms with Gasteiger partial charge >= 0.3 is 0 Å². The fourth-order valence-corrected chi connectivity index (χ4v) is 2.57. The maximum atomic E-state index is 12.2. The molecule has 1 unspecified atom stereocenters. The SMILES string of the molecule is CC(NC(=O)c1cc(I)cc([N+](=O)[O-])c1)c1ccccc1. The van der Waals surface area contributed by atoms with Gasteiger partial charge in [-0.2, -0.15) is 0 Å². The molecule has 0 radical (unpaired) electrons. The van der Waals surface area contributed by atoms with Gasteiger partial charge in [-0.05, 0) is 41.1 Å². The monoisotopic (exact) mass is 396 g/mol. The number of hydrogen-bond acceptors (Lipinski definition) is 3. The van der Waals surface area contributed by atoms with Gasteiger partial charge in [-0.15, -0.1) is 0 Å². The van der Waals surface area contributed by atoms with Crippen molar-refractivity contribution in [2.75, 3.05) is 0 Å². The highest BCUT2D eigenvalue weighted by atomic mass is 127. The zero-order valence-corrected chi connectivity index (χ0v) is 13.4. The molecule has 2 aromatic rings. The van der Waals surface area contributed by atoms with Crippen LogP contribution in [0.15, 0.2) is 48.5 Å². The Morgan fingerprint density at radius 2 is 1.90 bits per heavy atom. The first-order valence-electron chi connectivity index (χ1n) is 6.28. The summed E-state index contributed by atoms with van der Waals surface area (Å²) < 4.78 is 0.652. The summed E-state index contributed by atoms with van der Waals surface area (Å²) in [6.07, 6.45) is 0. The van der Waals surface area contributed by atoms with Crippen LogP contribution in [0.5, 0.6) is 0 Å². The number of carbonyl (C=O) groups is 1. The molecular formula is C15H13IN2O3. The third-order valence-corrected chi connectivity index (χ3v) is 3.63. The predicted octanol–water partition coefficient (Wildman–Crippen LogP) is 3.69. The number of non-ortho nitro benzene ring substituents is 1. The molecule has 0 aromatic heterocycles. The molecule has 1 amide bonds. The Hall–Kier alpha value is -1.96. The first kappa shape index (κ1) is 15.4. The van der Waals surface area contributed by atoms with Gasteiger partial charge in [-0.3, -0.25) is 14.9 Å². The molecular weight excluding hydrogens is 383 g/mol. The molecule has 2 rings (SSSR count). The Morgan fingerprint density at radius 3 is 2.52 bits per heavy atom. The minimum Gasteiger partial charge on any atom is -0.346 e. The zero-order valence-electron chi connectivity index (χ0n) is 11.2. The minimum atomic E-state index is -0.500. The second kappa shape index (κ2) is 6.66. The van der Waals surface area contributed by atoms with Crippen LogP contribution in [0.3, 0.4) is 0 Å². The molecule has 5 nitrogen and oxygen atoms in total. The third-order valence-electron chi connectivity index (χ3n) is 3.00. The average molecular weight is 396 g/mol. The van der Waals surface area contributed by atoms with Crippen molar-refractivity contribution in [3.05, 3.63) is 73.3 Å². The van der Waals surface area contributed by atoms with Gasteiger partial charge < -0.3 is 5.32 Å². The molecule has 0 heterocycles. The van der Waals surface area contributed by atoms with Crippen molar-refractivity contribution in [1.29, 1.82) is 0 Å². The van der Waals surface area contributed by atoms with Crippen LogP contribution in [-0.2, 0) is 0 Å². The van der Waals surface area contributed by atoms with Gasteiger partial charge in [0.05, 0.1) is 11.0 Å². The van der Waals surface area contributed by atoms with Crippen molar-refractivity contribution in [1.82, 2.24) is 5.32 Å². The quantitative estimate of drug-likeness (QED) is 0.487. The highest BCUT2D eigenvalue weighted by Crippen LogP contribution is 2.20. The van der Waals surface area contributed by atoms with Gasteiger partial charge in [0.1, 0.15) is 0 Å². The number of halogens is 1. The van der Waals surface area contributed by atoms with E-state index < -0.39 is 4.92 Å². The summed E-state index contributed by atoms with van der Waals surface area (Å²) in [5.41, 5.74) is 1.18. The highest BCUT2D eigenvalue weighted by Gasteiger charge is 2.16. The van der Waals surface area contributed by atoms with E-state index in [-0.39, 0.29) is 23.2 Å². The highest BCUT2D eigenvalue weighted by molar-refractivity contribution is 14.1. The number of nitrogens with one attached hydrogen (secondary N) is 1. The molecule has 0 spiro atoms. The van der Waals surface area contributed by atoms with E-state index in [9.17, 15) is 14.9 Å². The topological polar surface area (TPSA) is 72.2 Å². The second-order valence-corrected chi connectivity index (χ2v) is 5.81. The molecule has 21 heavy (non-hydrogen) atoms. The van der Waals surface area contributed by atoms with Crippen molar-refractivity contribution in [2.24, 2.45) is 0 Å². The lowest BCUT2D eigenvalue weighted by Crippen LogP contribution is -2.26. The Kier molecular flexibility index (Phi) is 4.89. The first-order valence-corrected chi connectivity index (χ1v) is 7.36. The van der Waals surface area contributed by atoms with Crippen molar-refractivity contribution in [3.63, 3.8) is 0 Å². The third kappa shape index (κ3) is 4.01. The minimum absolute atomic E-state index is 0.0839. The molecule has 1 N–H and O–H groups in total. The van der Waals surface area contributed by atoms with Gasteiger partial charge in [-0.1, -0.05) is 30.3 Å². The summed E-state index contributed by atoms with van der Waals surface area (Å²) in [5, 5.41) is 13.7. The number of hydrogen-bond donors (Lipinski definition) is 1. The number of nitro groups is 1. The Bertz CT molecular complexity index is 674. The number of amides is 1. The molecule has 1 atom stereocenters. The lowest BCUT2D eigenvalue weighted by atomic mass is 10.1. The van der Waals surface area contributed by atoms with Crippen LogP contribution in [0.2, 0.25) is 0 Å². The smallest absolute Gasteiger partial charge is 0.271 e. The van der Waals surface area contributed by atoms with Crippen LogP contribution in [0.4, 0.5) is 5.69 Å². The van der Waals surface area contributed by atoms with Gasteiger partial charge in [0.2, 0.25) is 0 Å². The standard InChI is InChI=1S/C15H13IN2O3/c1-10(11-5-3-2-4-6-11)17-15(19)12-7-13(16)9-14(8-12)18(20)21/h2-10H,1H3,(H,17,19). The van der Waals surface area contributed by atoms with Gasteiger partial charge in [0.15, 0.2) is 0 Å². The van der Waals surface area contributed by atoms with E-state index in [0.29, 0.717) is 3.57 Å². The Labute approximate surface area is 135 Å². The number of benzene rings is 2. The van der Waals surface area contributed by atoms with Crippen molar-refractivity contribution in [2.45, 2.75) is 13.0 Å². The molecule has 0 saturated heterocycles. The lowest BCUT2D eigenvalue weighted by Gasteiger charge is -2.14. The number of carbonyl (C=O) groups excluding carboxylic acids is 1. The normalized spacial score (nSPS) is 11.7. The first-order chi connectivity index (χ1) is 9.97. The fraction of sp³-hybridized carbons (Fsp3) is 0.133. The number of nitrogens with zero attached hydrogens (tertiary/aromatic N) is 1. The summed E-state index contributed by atoms with van der Waals surface area (Å²) in [7, 11) is 0. The van der Waals surface area contributed by atoms with Crippen LogP contribution in [-0.4, -0.2) is 10.8 Å². The average Bonchev–Trinajstić information content (AvgIpc) is 2.47. The molecule has 0 fully saturated rings. The fourth-order valence-electron chi connectivity index (χ4n) is 1.92. The van der Waals surface area contributed by atoms with E-state index in [1.54, 1.807) is 6.07 Å². The van der Waals surface area contributed by atoms with E-state index in [4.69, 9.17) is 0 Å².